The predicted octanol–water partition coefficient (Wildman–Crippen LogP) is 2.48. The second-order valence-corrected chi connectivity index (χ2v) is 4.60. The highest BCUT2D eigenvalue weighted by atomic mass is 16.5. The van der Waals surface area contributed by atoms with E-state index in [4.69, 9.17) is 4.74 Å². The number of ether oxygens (including phenoxy) is 1. The summed E-state index contributed by atoms with van der Waals surface area (Å²) in [5, 5.41) is 0. The monoisotopic (exact) mass is 244 g/mol. The molecule has 1 aromatic carbocycles. The van der Waals surface area contributed by atoms with Crippen LogP contribution in [0.5, 0.6) is 0 Å². The molecular formula is C14H16N2O2. The van der Waals surface area contributed by atoms with Gasteiger partial charge in [-0.15, -0.1) is 0 Å². The molecule has 0 radical (unpaired) electrons. The van der Waals surface area contributed by atoms with Gasteiger partial charge in [-0.1, -0.05) is 12.1 Å². The first-order valence-electron chi connectivity index (χ1n) is 6.41. The number of imidazole rings is 1. The maximum atomic E-state index is 11.6. The third kappa shape index (κ3) is 1.98. The Morgan fingerprint density at radius 1 is 1.44 bits per heavy atom. The lowest BCUT2D eigenvalue weighted by Crippen LogP contribution is -2.12. The molecule has 0 unspecified atom stereocenters. The van der Waals surface area contributed by atoms with E-state index in [0.717, 1.165) is 16.9 Å². The van der Waals surface area contributed by atoms with Gasteiger partial charge in [-0.25, -0.2) is 4.98 Å². The summed E-state index contributed by atoms with van der Waals surface area (Å²) in [6.45, 7) is 2.24. The van der Waals surface area contributed by atoms with Gasteiger partial charge in [-0.3, -0.25) is 4.79 Å². The molecule has 4 heteroatoms. The molecule has 1 fully saturated rings. The summed E-state index contributed by atoms with van der Waals surface area (Å²) < 4.78 is 7.21. The van der Waals surface area contributed by atoms with Gasteiger partial charge in [0.1, 0.15) is 12.2 Å². The van der Waals surface area contributed by atoms with Crippen molar-refractivity contribution in [2.75, 3.05) is 6.61 Å². The fourth-order valence-electron chi connectivity index (χ4n) is 2.30. The summed E-state index contributed by atoms with van der Waals surface area (Å²) in [6.07, 6.45) is 2.62. The van der Waals surface area contributed by atoms with Crippen LogP contribution in [0.25, 0.3) is 11.0 Å². The Morgan fingerprint density at radius 3 is 2.94 bits per heavy atom. The van der Waals surface area contributed by atoms with Crippen LogP contribution < -0.4 is 0 Å². The maximum Gasteiger partial charge on any atom is 0.313 e. The van der Waals surface area contributed by atoms with Crippen molar-refractivity contribution >= 4 is 17.0 Å². The van der Waals surface area contributed by atoms with Crippen LogP contribution in [0.1, 0.15) is 31.6 Å². The van der Waals surface area contributed by atoms with E-state index in [9.17, 15) is 4.79 Å². The molecule has 18 heavy (non-hydrogen) atoms. The van der Waals surface area contributed by atoms with Gasteiger partial charge in [0.05, 0.1) is 17.6 Å². The zero-order chi connectivity index (χ0) is 12.5. The molecule has 0 N–H and O–H groups in total. The summed E-state index contributed by atoms with van der Waals surface area (Å²) >= 11 is 0. The van der Waals surface area contributed by atoms with Crippen LogP contribution in [0.3, 0.4) is 0 Å². The first kappa shape index (κ1) is 11.3. The maximum absolute atomic E-state index is 11.6. The van der Waals surface area contributed by atoms with Gasteiger partial charge in [0.25, 0.3) is 0 Å². The van der Waals surface area contributed by atoms with E-state index >= 15 is 0 Å². The van der Waals surface area contributed by atoms with Crippen molar-refractivity contribution in [2.24, 2.45) is 0 Å². The molecule has 4 nitrogen and oxygen atoms in total. The molecular weight excluding hydrogens is 228 g/mol. The van der Waals surface area contributed by atoms with E-state index in [1.807, 2.05) is 25.1 Å². The summed E-state index contributed by atoms with van der Waals surface area (Å²) in [5.41, 5.74) is 2.09. The zero-order valence-corrected chi connectivity index (χ0v) is 10.4. The molecule has 0 bridgehead atoms. The topological polar surface area (TPSA) is 44.1 Å². The van der Waals surface area contributed by atoms with Crippen LogP contribution in [-0.4, -0.2) is 22.1 Å². The number of esters is 1. The van der Waals surface area contributed by atoms with Gasteiger partial charge in [-0.2, -0.15) is 0 Å². The Hall–Kier alpha value is -1.84. The van der Waals surface area contributed by atoms with Crippen LogP contribution in [0.15, 0.2) is 24.3 Å². The Kier molecular flexibility index (Phi) is 2.78. The van der Waals surface area contributed by atoms with Crippen molar-refractivity contribution in [1.29, 1.82) is 0 Å². The minimum atomic E-state index is -0.199. The number of para-hydroxylation sites is 2. The van der Waals surface area contributed by atoms with Crippen molar-refractivity contribution in [3.63, 3.8) is 0 Å². The third-order valence-electron chi connectivity index (χ3n) is 3.19. The summed E-state index contributed by atoms with van der Waals surface area (Å²) in [7, 11) is 0. The fraction of sp³-hybridized carbons (Fsp3) is 0.429. The molecule has 0 spiro atoms. The zero-order valence-electron chi connectivity index (χ0n) is 10.4. The molecule has 1 heterocycles. The lowest BCUT2D eigenvalue weighted by Gasteiger charge is -2.07. The van der Waals surface area contributed by atoms with Crippen LogP contribution in [0.2, 0.25) is 0 Å². The van der Waals surface area contributed by atoms with E-state index in [0.29, 0.717) is 12.6 Å². The highest BCUT2D eigenvalue weighted by molar-refractivity contribution is 5.78. The minimum Gasteiger partial charge on any atom is -0.466 e. The third-order valence-corrected chi connectivity index (χ3v) is 3.19. The lowest BCUT2D eigenvalue weighted by molar-refractivity contribution is -0.142. The Morgan fingerprint density at radius 2 is 2.22 bits per heavy atom. The molecule has 0 amide bonds. The second kappa shape index (κ2) is 4.44. The highest BCUT2D eigenvalue weighted by Crippen LogP contribution is 2.38. The summed E-state index contributed by atoms with van der Waals surface area (Å²) in [6, 6.07) is 8.55. The van der Waals surface area contributed by atoms with Gasteiger partial charge in [0.15, 0.2) is 0 Å². The van der Waals surface area contributed by atoms with Crippen LogP contribution in [0, 0.1) is 0 Å². The van der Waals surface area contributed by atoms with Gasteiger partial charge in [0, 0.05) is 6.04 Å². The second-order valence-electron chi connectivity index (χ2n) is 4.60. The predicted molar refractivity (Wildman–Crippen MR) is 68.3 cm³/mol. The van der Waals surface area contributed by atoms with Crippen molar-refractivity contribution in [3.8, 4) is 0 Å². The number of benzene rings is 1. The Labute approximate surface area is 106 Å². The molecule has 3 rings (SSSR count). The fourth-order valence-corrected chi connectivity index (χ4v) is 2.30. The van der Waals surface area contributed by atoms with Crippen molar-refractivity contribution in [1.82, 2.24) is 9.55 Å². The standard InChI is InChI=1S/C14H16N2O2/c1-2-18-14(17)9-13-15-11-5-3-4-6-12(11)16(13)10-7-8-10/h3-6,10H,2,7-9H2,1H3. The number of nitrogens with zero attached hydrogens (tertiary/aromatic N) is 2. The molecule has 0 atom stereocenters. The summed E-state index contributed by atoms with van der Waals surface area (Å²) in [5.74, 6) is 0.631. The number of hydrogen-bond acceptors (Lipinski definition) is 3. The van der Waals surface area contributed by atoms with E-state index in [1.165, 1.54) is 12.8 Å². The van der Waals surface area contributed by atoms with E-state index in [2.05, 4.69) is 15.6 Å². The Bertz CT molecular complexity index is 584. The van der Waals surface area contributed by atoms with Crippen LogP contribution >= 0.6 is 0 Å². The first-order chi connectivity index (χ1) is 8.79. The van der Waals surface area contributed by atoms with Gasteiger partial charge < -0.3 is 9.30 Å². The quantitative estimate of drug-likeness (QED) is 0.776. The number of carbonyl (C=O) groups is 1. The van der Waals surface area contributed by atoms with Gasteiger partial charge in [-0.05, 0) is 31.9 Å². The summed E-state index contributed by atoms with van der Waals surface area (Å²) in [4.78, 5) is 16.2. The van der Waals surface area contributed by atoms with Gasteiger partial charge >= 0.3 is 5.97 Å². The molecule has 1 saturated carbocycles. The van der Waals surface area contributed by atoms with E-state index in [1.54, 1.807) is 0 Å². The van der Waals surface area contributed by atoms with Crippen molar-refractivity contribution in [2.45, 2.75) is 32.2 Å². The minimum absolute atomic E-state index is 0.199. The van der Waals surface area contributed by atoms with Gasteiger partial charge in [0.2, 0.25) is 0 Å². The molecule has 1 aromatic heterocycles. The lowest BCUT2D eigenvalue weighted by atomic mass is 10.3. The number of rotatable bonds is 4. The SMILES string of the molecule is CCOC(=O)Cc1nc2ccccc2n1C1CC1. The number of carbonyl (C=O) groups excluding carboxylic acids is 1. The smallest absolute Gasteiger partial charge is 0.313 e. The highest BCUT2D eigenvalue weighted by Gasteiger charge is 2.28. The van der Waals surface area contributed by atoms with E-state index < -0.39 is 0 Å². The number of aromatic nitrogens is 2. The first-order valence-corrected chi connectivity index (χ1v) is 6.41. The van der Waals surface area contributed by atoms with Crippen LogP contribution in [0.4, 0.5) is 0 Å². The van der Waals surface area contributed by atoms with Crippen LogP contribution in [-0.2, 0) is 16.0 Å². The largest absolute Gasteiger partial charge is 0.466 e. The van der Waals surface area contributed by atoms with E-state index in [-0.39, 0.29) is 12.4 Å². The van der Waals surface area contributed by atoms with Crippen molar-refractivity contribution in [3.05, 3.63) is 30.1 Å². The average Bonchev–Trinajstić information content (AvgIpc) is 3.11. The molecule has 1 aliphatic rings. The molecule has 1 aliphatic carbocycles. The average molecular weight is 244 g/mol. The normalized spacial score (nSPS) is 14.9. The molecule has 2 aromatic rings. The molecule has 94 valence electrons. The number of hydrogen-bond donors (Lipinski definition) is 0. The number of fused-ring (bicyclic) bond motifs is 1. The molecule has 0 aliphatic heterocycles. The van der Waals surface area contributed by atoms with Crippen molar-refractivity contribution < 1.29 is 9.53 Å². The Balaban J connectivity index is 1.99. The molecule has 0 saturated heterocycles.